The van der Waals surface area contributed by atoms with Crippen LogP contribution in [0.1, 0.15) is 43.6 Å². The molecule has 2 aromatic rings. The molecule has 0 aromatic heterocycles. The minimum atomic E-state index is -1.12. The summed E-state index contributed by atoms with van der Waals surface area (Å²) in [6.07, 6.45) is -0.213. The first-order valence-electron chi connectivity index (χ1n) is 12.9. The molecule has 0 bridgehead atoms. The maximum Gasteiger partial charge on any atom is 0.350 e. The Labute approximate surface area is 239 Å². The van der Waals surface area contributed by atoms with Gasteiger partial charge in [0.25, 0.3) is 0 Å². The van der Waals surface area contributed by atoms with Crippen LogP contribution >= 0.6 is 11.6 Å². The Kier molecular flexibility index (Phi) is 15.5. The number of likely N-dealkylation sites (N-methyl/N-ethyl adjacent to an activating group) is 2. The van der Waals surface area contributed by atoms with Gasteiger partial charge in [-0.1, -0.05) is 11.6 Å². The summed E-state index contributed by atoms with van der Waals surface area (Å²) < 4.78 is 12.6. The van der Waals surface area contributed by atoms with Crippen molar-refractivity contribution in [3.63, 3.8) is 0 Å². The van der Waals surface area contributed by atoms with Crippen molar-refractivity contribution >= 4 is 23.4 Å². The largest absolute Gasteiger partial charge is 0.476 e. The molecule has 2 N–H and O–H groups in total. The van der Waals surface area contributed by atoms with Crippen LogP contribution in [-0.2, 0) is 9.53 Å². The van der Waals surface area contributed by atoms with Crippen molar-refractivity contribution in [2.75, 3.05) is 68.6 Å². The molecule has 0 atom stereocenters. The number of hydrogen-bond acceptors (Lipinski definition) is 6. The van der Waals surface area contributed by atoms with Crippen LogP contribution in [0.4, 0.5) is 0 Å². The zero-order chi connectivity index (χ0) is 30.4. The van der Waals surface area contributed by atoms with Crippen molar-refractivity contribution in [2.45, 2.75) is 39.4 Å². The fourth-order valence-electron chi connectivity index (χ4n) is 2.73. The molecule has 0 saturated heterocycles. The normalized spacial score (nSPS) is 11.5. The standard InChI is InChI=1S/C20H21ClO4.2C5H14NO/c1-13(2)24-19(23)20(3,4)25-17-11-7-15(8-12-17)18(22)14-5-9-16(21)10-6-14;2*1-6(2,3)4-5-7/h5-13H,1-4H3;2*7H,4-5H2,1-3H3/q;2*+1. The topological polar surface area (TPSA) is 93.1 Å². The summed E-state index contributed by atoms with van der Waals surface area (Å²) in [4.78, 5) is 24.5. The Bertz CT molecular complexity index is 976. The van der Waals surface area contributed by atoms with Gasteiger partial charge in [0.15, 0.2) is 11.4 Å². The smallest absolute Gasteiger partial charge is 0.350 e. The van der Waals surface area contributed by atoms with E-state index in [9.17, 15) is 9.59 Å². The lowest BCUT2D eigenvalue weighted by molar-refractivity contribution is -0.870. The van der Waals surface area contributed by atoms with Gasteiger partial charge < -0.3 is 28.7 Å². The van der Waals surface area contributed by atoms with Crippen LogP contribution in [0.2, 0.25) is 5.02 Å². The van der Waals surface area contributed by atoms with Crippen LogP contribution in [0, 0.1) is 0 Å². The molecule has 0 aliphatic carbocycles. The molecule has 0 radical (unpaired) electrons. The quantitative estimate of drug-likeness (QED) is 0.255. The highest BCUT2D eigenvalue weighted by Crippen LogP contribution is 2.22. The average molecular weight is 569 g/mol. The highest BCUT2D eigenvalue weighted by atomic mass is 35.5. The Morgan fingerprint density at radius 2 is 1.18 bits per heavy atom. The molecule has 39 heavy (non-hydrogen) atoms. The van der Waals surface area contributed by atoms with E-state index in [1.54, 1.807) is 76.2 Å². The number of rotatable bonds is 10. The highest BCUT2D eigenvalue weighted by Gasteiger charge is 2.32. The Hall–Kier alpha value is -2.49. The predicted octanol–water partition coefficient (Wildman–Crippen LogP) is 4.05. The third-order valence-corrected chi connectivity index (χ3v) is 5.22. The van der Waals surface area contributed by atoms with Crippen LogP contribution in [0.3, 0.4) is 0 Å². The number of aliphatic hydroxyl groups excluding tert-OH is 2. The van der Waals surface area contributed by atoms with E-state index in [4.69, 9.17) is 31.3 Å². The van der Waals surface area contributed by atoms with Crippen LogP contribution in [-0.4, -0.2) is 111 Å². The number of nitrogens with zero attached hydrogens (tertiary/aromatic N) is 2. The third-order valence-electron chi connectivity index (χ3n) is 4.97. The third kappa shape index (κ3) is 16.9. The zero-order valence-corrected chi connectivity index (χ0v) is 26.1. The van der Waals surface area contributed by atoms with E-state index in [-0.39, 0.29) is 25.1 Å². The fraction of sp³-hybridized carbons (Fsp3) is 0.533. The SMILES string of the molecule is CC(C)OC(=O)C(C)(C)Oc1ccc(C(=O)c2ccc(Cl)cc2)cc1.C[N+](C)(C)CCO.C[N+](C)(C)CCO. The molecule has 0 aliphatic rings. The summed E-state index contributed by atoms with van der Waals surface area (Å²) in [5, 5.41) is 17.4. The maximum absolute atomic E-state index is 12.4. The Balaban J connectivity index is 0.000000848. The van der Waals surface area contributed by atoms with E-state index in [0.29, 0.717) is 21.9 Å². The number of carbonyl (C=O) groups excluding carboxylic acids is 2. The van der Waals surface area contributed by atoms with E-state index in [1.165, 1.54) is 0 Å². The molecule has 8 nitrogen and oxygen atoms in total. The molecule has 2 rings (SSSR count). The van der Waals surface area contributed by atoms with Crippen molar-refractivity contribution in [3.8, 4) is 5.75 Å². The number of aliphatic hydroxyl groups is 2. The fourth-order valence-corrected chi connectivity index (χ4v) is 2.86. The second kappa shape index (κ2) is 16.6. The van der Waals surface area contributed by atoms with Gasteiger partial charge in [0.1, 0.15) is 18.8 Å². The minimum Gasteiger partial charge on any atom is -0.476 e. The second-order valence-electron chi connectivity index (χ2n) is 11.9. The Morgan fingerprint density at radius 3 is 1.49 bits per heavy atom. The first kappa shape index (κ1) is 36.5. The van der Waals surface area contributed by atoms with Crippen molar-refractivity contribution in [3.05, 3.63) is 64.7 Å². The number of ether oxygens (including phenoxy) is 2. The van der Waals surface area contributed by atoms with Gasteiger partial charge in [-0.25, -0.2) is 4.79 Å². The van der Waals surface area contributed by atoms with Crippen molar-refractivity contribution in [1.82, 2.24) is 0 Å². The predicted molar refractivity (Wildman–Crippen MR) is 157 cm³/mol. The second-order valence-corrected chi connectivity index (χ2v) is 12.3. The van der Waals surface area contributed by atoms with Crippen molar-refractivity contribution in [1.29, 1.82) is 0 Å². The van der Waals surface area contributed by atoms with Gasteiger partial charge in [-0.05, 0) is 76.2 Å². The molecular formula is C30H49ClN2O6+2. The highest BCUT2D eigenvalue weighted by molar-refractivity contribution is 6.30. The molecule has 0 unspecified atom stereocenters. The van der Waals surface area contributed by atoms with E-state index >= 15 is 0 Å². The van der Waals surface area contributed by atoms with Crippen molar-refractivity contribution in [2.24, 2.45) is 0 Å². The number of quaternary nitrogens is 2. The van der Waals surface area contributed by atoms with Gasteiger partial charge in [-0.15, -0.1) is 0 Å². The van der Waals surface area contributed by atoms with E-state index in [2.05, 4.69) is 42.3 Å². The monoisotopic (exact) mass is 568 g/mol. The van der Waals surface area contributed by atoms with Gasteiger partial charge in [0.05, 0.1) is 61.6 Å². The molecule has 9 heteroatoms. The van der Waals surface area contributed by atoms with Gasteiger partial charge >= 0.3 is 5.97 Å². The van der Waals surface area contributed by atoms with Crippen LogP contribution in [0.15, 0.2) is 48.5 Å². The van der Waals surface area contributed by atoms with Gasteiger partial charge in [-0.3, -0.25) is 4.79 Å². The average Bonchev–Trinajstić information content (AvgIpc) is 2.78. The van der Waals surface area contributed by atoms with Crippen LogP contribution in [0.5, 0.6) is 5.75 Å². The van der Waals surface area contributed by atoms with Gasteiger partial charge in [0, 0.05) is 16.1 Å². The summed E-state index contributed by atoms with van der Waals surface area (Å²) in [5.74, 6) is -0.0659. The maximum atomic E-state index is 12.4. The molecule has 0 spiro atoms. The molecule has 220 valence electrons. The molecular weight excluding hydrogens is 520 g/mol. The lowest BCUT2D eigenvalue weighted by Gasteiger charge is -2.25. The summed E-state index contributed by atoms with van der Waals surface area (Å²) in [5.41, 5.74) is -0.0393. The summed E-state index contributed by atoms with van der Waals surface area (Å²) in [6, 6.07) is 13.4. The van der Waals surface area contributed by atoms with Crippen molar-refractivity contribution < 1.29 is 38.2 Å². The molecule has 0 heterocycles. The first-order chi connectivity index (χ1) is 17.8. The number of hydrogen-bond donors (Lipinski definition) is 2. The van der Waals surface area contributed by atoms with Gasteiger partial charge in [-0.2, -0.15) is 0 Å². The number of esters is 1. The zero-order valence-electron chi connectivity index (χ0n) is 25.3. The number of ketones is 1. The first-order valence-corrected chi connectivity index (χ1v) is 13.3. The molecule has 0 aliphatic heterocycles. The lowest BCUT2D eigenvalue weighted by Crippen LogP contribution is -2.40. The van der Waals surface area contributed by atoms with Gasteiger partial charge in [0.2, 0.25) is 0 Å². The minimum absolute atomic E-state index is 0.110. The number of halogens is 1. The molecule has 0 amide bonds. The molecule has 0 fully saturated rings. The summed E-state index contributed by atoms with van der Waals surface area (Å²) >= 11 is 5.84. The van der Waals surface area contributed by atoms with Crippen LogP contribution in [0.25, 0.3) is 0 Å². The Morgan fingerprint density at radius 1 is 0.795 bits per heavy atom. The van der Waals surface area contributed by atoms with E-state index in [1.807, 2.05) is 0 Å². The number of carbonyl (C=O) groups is 2. The number of benzene rings is 2. The molecule has 0 saturated carbocycles. The summed E-state index contributed by atoms with van der Waals surface area (Å²) in [6.45, 7) is 9.08. The lowest BCUT2D eigenvalue weighted by atomic mass is 10.0. The van der Waals surface area contributed by atoms with E-state index in [0.717, 1.165) is 22.1 Å². The van der Waals surface area contributed by atoms with E-state index < -0.39 is 11.6 Å². The van der Waals surface area contributed by atoms with Crippen LogP contribution < -0.4 is 4.74 Å². The summed E-state index contributed by atoms with van der Waals surface area (Å²) in [7, 11) is 12.3. The molecule has 2 aromatic carbocycles.